The Hall–Kier alpha value is -2.33. The van der Waals surface area contributed by atoms with Crippen molar-refractivity contribution in [3.05, 3.63) is 42.5 Å². The first-order chi connectivity index (χ1) is 9.69. The third-order valence-corrected chi connectivity index (χ3v) is 3.47. The summed E-state index contributed by atoms with van der Waals surface area (Å²) in [5.41, 5.74) is 2.46. The third kappa shape index (κ3) is 2.14. The lowest BCUT2D eigenvalue weighted by molar-refractivity contribution is -0.117. The highest BCUT2D eigenvalue weighted by atomic mass is 16.3. The van der Waals surface area contributed by atoms with E-state index in [1.165, 1.54) is 0 Å². The van der Waals surface area contributed by atoms with E-state index in [9.17, 15) is 4.79 Å². The van der Waals surface area contributed by atoms with Gasteiger partial charge in [0.2, 0.25) is 5.91 Å². The van der Waals surface area contributed by atoms with Crippen molar-refractivity contribution in [2.75, 3.05) is 12.4 Å². The Morgan fingerprint density at radius 3 is 2.65 bits per heavy atom. The van der Waals surface area contributed by atoms with E-state index in [0.29, 0.717) is 0 Å². The van der Waals surface area contributed by atoms with Gasteiger partial charge in [-0.3, -0.25) is 4.79 Å². The molecule has 1 heterocycles. The predicted octanol–water partition coefficient (Wildman–Crippen LogP) is 3.13. The van der Waals surface area contributed by atoms with Crippen LogP contribution in [0.25, 0.3) is 21.9 Å². The average Bonchev–Trinajstić information content (AvgIpc) is 2.84. The molecule has 1 amide bonds. The first kappa shape index (κ1) is 12.7. The van der Waals surface area contributed by atoms with Gasteiger partial charge in [0.05, 0.1) is 6.04 Å². The predicted molar refractivity (Wildman–Crippen MR) is 80.9 cm³/mol. The van der Waals surface area contributed by atoms with E-state index >= 15 is 0 Å². The molecular weight excluding hydrogens is 252 g/mol. The van der Waals surface area contributed by atoms with E-state index in [2.05, 4.69) is 10.6 Å². The van der Waals surface area contributed by atoms with Crippen molar-refractivity contribution in [2.24, 2.45) is 0 Å². The fourth-order valence-electron chi connectivity index (χ4n) is 2.19. The van der Waals surface area contributed by atoms with Gasteiger partial charge in [0.25, 0.3) is 0 Å². The van der Waals surface area contributed by atoms with Crippen molar-refractivity contribution >= 4 is 33.5 Å². The number of nitrogens with one attached hydrogen (secondary N) is 2. The van der Waals surface area contributed by atoms with E-state index < -0.39 is 0 Å². The summed E-state index contributed by atoms with van der Waals surface area (Å²) in [6, 6.07) is 13.3. The van der Waals surface area contributed by atoms with E-state index in [-0.39, 0.29) is 11.9 Å². The maximum absolute atomic E-state index is 11.9. The quantitative estimate of drug-likeness (QED) is 0.767. The van der Waals surface area contributed by atoms with E-state index in [4.69, 9.17) is 4.42 Å². The second-order valence-corrected chi connectivity index (χ2v) is 4.81. The molecule has 2 aromatic carbocycles. The molecule has 102 valence electrons. The maximum atomic E-state index is 11.9. The number of anilines is 1. The highest BCUT2D eigenvalue weighted by Crippen LogP contribution is 2.30. The second-order valence-electron chi connectivity index (χ2n) is 4.81. The first-order valence-electron chi connectivity index (χ1n) is 6.58. The normalized spacial score (nSPS) is 12.7. The Kier molecular flexibility index (Phi) is 3.16. The number of amides is 1. The minimum absolute atomic E-state index is 0.0559. The van der Waals surface area contributed by atoms with Crippen LogP contribution in [0.5, 0.6) is 0 Å². The number of carbonyl (C=O) groups excluding carboxylic acids is 1. The summed E-state index contributed by atoms with van der Waals surface area (Å²) < 4.78 is 5.76. The molecule has 20 heavy (non-hydrogen) atoms. The summed E-state index contributed by atoms with van der Waals surface area (Å²) in [7, 11) is 1.76. The molecule has 4 nitrogen and oxygen atoms in total. The number of fused-ring (bicyclic) bond motifs is 3. The van der Waals surface area contributed by atoms with Crippen LogP contribution in [0.2, 0.25) is 0 Å². The maximum Gasteiger partial charge on any atom is 0.241 e. The zero-order chi connectivity index (χ0) is 14.1. The van der Waals surface area contributed by atoms with Crippen LogP contribution in [0.4, 0.5) is 5.69 Å². The summed E-state index contributed by atoms with van der Waals surface area (Å²) in [5.74, 6) is -0.0559. The highest BCUT2D eigenvalue weighted by Gasteiger charge is 2.12. The molecule has 0 saturated carbocycles. The van der Waals surface area contributed by atoms with Gasteiger partial charge >= 0.3 is 0 Å². The van der Waals surface area contributed by atoms with Crippen molar-refractivity contribution < 1.29 is 9.21 Å². The van der Waals surface area contributed by atoms with Crippen LogP contribution in [0.15, 0.2) is 46.9 Å². The SMILES string of the molecule is CNC(C)C(=O)Nc1ccc2oc3ccccc3c2c1. The molecule has 0 spiro atoms. The van der Waals surface area contributed by atoms with Crippen molar-refractivity contribution in [2.45, 2.75) is 13.0 Å². The summed E-state index contributed by atoms with van der Waals surface area (Å²) in [5, 5.41) is 7.88. The monoisotopic (exact) mass is 268 g/mol. The van der Waals surface area contributed by atoms with Gasteiger partial charge < -0.3 is 15.1 Å². The van der Waals surface area contributed by atoms with Crippen molar-refractivity contribution in [1.82, 2.24) is 5.32 Å². The number of rotatable bonds is 3. The van der Waals surface area contributed by atoms with Crippen LogP contribution in [0, 0.1) is 0 Å². The molecule has 2 N–H and O–H groups in total. The Labute approximate surface area is 116 Å². The fraction of sp³-hybridized carbons (Fsp3) is 0.188. The lowest BCUT2D eigenvalue weighted by atomic mass is 10.1. The van der Waals surface area contributed by atoms with Gasteiger partial charge in [-0.25, -0.2) is 0 Å². The molecule has 1 atom stereocenters. The molecule has 0 aliphatic rings. The van der Waals surface area contributed by atoms with E-state index in [1.54, 1.807) is 7.05 Å². The smallest absolute Gasteiger partial charge is 0.241 e. The topological polar surface area (TPSA) is 54.3 Å². The molecule has 3 aromatic rings. The second kappa shape index (κ2) is 4.98. The number of hydrogen-bond donors (Lipinski definition) is 2. The minimum atomic E-state index is -0.230. The molecule has 0 fully saturated rings. The largest absolute Gasteiger partial charge is 0.456 e. The first-order valence-corrected chi connectivity index (χ1v) is 6.58. The zero-order valence-corrected chi connectivity index (χ0v) is 11.4. The van der Waals surface area contributed by atoms with Crippen LogP contribution in [-0.4, -0.2) is 19.0 Å². The van der Waals surface area contributed by atoms with Crippen molar-refractivity contribution in [3.63, 3.8) is 0 Å². The molecule has 1 aromatic heterocycles. The Morgan fingerprint density at radius 2 is 1.85 bits per heavy atom. The van der Waals surface area contributed by atoms with Gasteiger partial charge in [0.1, 0.15) is 11.2 Å². The van der Waals surface area contributed by atoms with E-state index in [1.807, 2.05) is 49.4 Å². The summed E-state index contributed by atoms with van der Waals surface area (Å²) in [6.07, 6.45) is 0. The van der Waals surface area contributed by atoms with Crippen LogP contribution in [0.3, 0.4) is 0 Å². The molecule has 0 aliphatic heterocycles. The third-order valence-electron chi connectivity index (χ3n) is 3.47. The highest BCUT2D eigenvalue weighted by molar-refractivity contribution is 6.07. The Bertz CT molecular complexity index is 776. The lowest BCUT2D eigenvalue weighted by Crippen LogP contribution is -2.35. The molecule has 1 unspecified atom stereocenters. The van der Waals surface area contributed by atoms with Crippen LogP contribution in [-0.2, 0) is 4.79 Å². The molecule has 0 bridgehead atoms. The zero-order valence-electron chi connectivity index (χ0n) is 11.4. The fourth-order valence-corrected chi connectivity index (χ4v) is 2.19. The van der Waals surface area contributed by atoms with Crippen LogP contribution < -0.4 is 10.6 Å². The van der Waals surface area contributed by atoms with Crippen LogP contribution in [0.1, 0.15) is 6.92 Å². The minimum Gasteiger partial charge on any atom is -0.456 e. The lowest BCUT2D eigenvalue weighted by Gasteiger charge is -2.10. The molecule has 4 heteroatoms. The van der Waals surface area contributed by atoms with Gasteiger partial charge in [-0.1, -0.05) is 18.2 Å². The molecule has 0 saturated heterocycles. The number of para-hydroxylation sites is 1. The number of carbonyl (C=O) groups is 1. The van der Waals surface area contributed by atoms with Crippen molar-refractivity contribution in [1.29, 1.82) is 0 Å². The number of benzene rings is 2. The number of likely N-dealkylation sites (N-methyl/N-ethyl adjacent to an activating group) is 1. The summed E-state index contributed by atoms with van der Waals surface area (Å²) in [4.78, 5) is 11.9. The standard InChI is InChI=1S/C16H16N2O2/c1-10(17-2)16(19)18-11-7-8-15-13(9-11)12-5-3-4-6-14(12)20-15/h3-10,17H,1-2H3,(H,18,19). The van der Waals surface area contributed by atoms with E-state index in [0.717, 1.165) is 27.6 Å². The van der Waals surface area contributed by atoms with Gasteiger partial charge in [0.15, 0.2) is 0 Å². The Morgan fingerprint density at radius 1 is 1.10 bits per heavy atom. The Balaban J connectivity index is 2.01. The molecule has 3 rings (SSSR count). The molecular formula is C16H16N2O2. The van der Waals surface area contributed by atoms with Gasteiger partial charge in [-0.05, 0) is 38.2 Å². The molecule has 0 radical (unpaired) electrons. The average molecular weight is 268 g/mol. The van der Waals surface area contributed by atoms with Gasteiger partial charge in [0, 0.05) is 16.5 Å². The molecule has 0 aliphatic carbocycles. The van der Waals surface area contributed by atoms with Crippen LogP contribution >= 0.6 is 0 Å². The van der Waals surface area contributed by atoms with Gasteiger partial charge in [-0.2, -0.15) is 0 Å². The number of furan rings is 1. The summed E-state index contributed by atoms with van der Waals surface area (Å²) >= 11 is 0. The number of hydrogen-bond acceptors (Lipinski definition) is 3. The van der Waals surface area contributed by atoms with Gasteiger partial charge in [-0.15, -0.1) is 0 Å². The van der Waals surface area contributed by atoms with Crippen molar-refractivity contribution in [3.8, 4) is 0 Å². The summed E-state index contributed by atoms with van der Waals surface area (Å²) in [6.45, 7) is 1.82.